The van der Waals surface area contributed by atoms with E-state index in [1.54, 1.807) is 19.2 Å². The van der Waals surface area contributed by atoms with Crippen LogP contribution in [0.3, 0.4) is 0 Å². The molecule has 0 aliphatic heterocycles. The summed E-state index contributed by atoms with van der Waals surface area (Å²) < 4.78 is 0. The first kappa shape index (κ1) is 17.5. The van der Waals surface area contributed by atoms with E-state index in [9.17, 15) is 4.79 Å². The summed E-state index contributed by atoms with van der Waals surface area (Å²) in [6, 6.07) is 15.5. The lowest BCUT2D eigenvalue weighted by atomic mass is 10.1. The van der Waals surface area contributed by atoms with E-state index in [2.05, 4.69) is 56.8 Å². The van der Waals surface area contributed by atoms with Crippen molar-refractivity contribution < 1.29 is 4.79 Å². The molecule has 132 valence electrons. The molecule has 26 heavy (non-hydrogen) atoms. The third-order valence-corrected chi connectivity index (χ3v) is 3.82. The lowest BCUT2D eigenvalue weighted by molar-refractivity contribution is 0.0945. The van der Waals surface area contributed by atoms with E-state index >= 15 is 0 Å². The van der Waals surface area contributed by atoms with Gasteiger partial charge in [0, 0.05) is 18.8 Å². The van der Waals surface area contributed by atoms with E-state index in [1.165, 1.54) is 5.56 Å². The Bertz CT molecular complexity index is 878. The van der Waals surface area contributed by atoms with Crippen molar-refractivity contribution in [1.29, 1.82) is 0 Å². The summed E-state index contributed by atoms with van der Waals surface area (Å²) in [7, 11) is 0. The minimum absolute atomic E-state index is 0.250. The Kier molecular flexibility index (Phi) is 5.53. The molecule has 1 amide bonds. The average molecular weight is 347 g/mol. The summed E-state index contributed by atoms with van der Waals surface area (Å²) in [5, 5.41) is 6.08. The minimum Gasteiger partial charge on any atom is -0.366 e. The highest BCUT2D eigenvalue weighted by atomic mass is 16.1. The van der Waals surface area contributed by atoms with Gasteiger partial charge in [-0.05, 0) is 31.5 Å². The number of carbonyl (C=O) groups is 1. The van der Waals surface area contributed by atoms with E-state index < -0.39 is 0 Å². The summed E-state index contributed by atoms with van der Waals surface area (Å²) >= 11 is 0. The van der Waals surface area contributed by atoms with E-state index in [4.69, 9.17) is 0 Å². The van der Waals surface area contributed by atoms with Crippen molar-refractivity contribution in [2.75, 3.05) is 5.32 Å². The molecule has 0 bridgehead atoms. The highest BCUT2D eigenvalue weighted by molar-refractivity contribution is 5.92. The van der Waals surface area contributed by atoms with Crippen molar-refractivity contribution >= 4 is 11.7 Å². The fraction of sp³-hybridized carbons (Fsp3) is 0.200. The number of aromatic nitrogens is 3. The molecule has 0 spiro atoms. The van der Waals surface area contributed by atoms with Gasteiger partial charge in [0.2, 0.25) is 0 Å². The number of nitrogens with zero attached hydrogens (tertiary/aromatic N) is 3. The summed E-state index contributed by atoms with van der Waals surface area (Å²) in [6.07, 6.45) is 1.70. The molecule has 2 aromatic heterocycles. The van der Waals surface area contributed by atoms with Crippen LogP contribution in [0.15, 0.2) is 54.7 Å². The first-order valence-corrected chi connectivity index (χ1v) is 8.43. The van der Waals surface area contributed by atoms with Crippen molar-refractivity contribution in [3.63, 3.8) is 0 Å². The predicted octanol–water partition coefficient (Wildman–Crippen LogP) is 3.03. The van der Waals surface area contributed by atoms with Gasteiger partial charge in [-0.15, -0.1) is 0 Å². The van der Waals surface area contributed by atoms with E-state index in [0.717, 1.165) is 11.3 Å². The van der Waals surface area contributed by atoms with Crippen molar-refractivity contribution in [3.8, 4) is 0 Å². The van der Waals surface area contributed by atoms with Crippen LogP contribution in [0.4, 0.5) is 5.82 Å². The van der Waals surface area contributed by atoms with Crippen LogP contribution in [-0.2, 0) is 13.1 Å². The van der Waals surface area contributed by atoms with Gasteiger partial charge in [0.15, 0.2) is 0 Å². The van der Waals surface area contributed by atoms with Gasteiger partial charge in [0.25, 0.3) is 5.91 Å². The topological polar surface area (TPSA) is 79.8 Å². The summed E-state index contributed by atoms with van der Waals surface area (Å²) in [4.78, 5) is 25.1. The highest BCUT2D eigenvalue weighted by Crippen LogP contribution is 2.10. The van der Waals surface area contributed by atoms with Gasteiger partial charge in [-0.25, -0.2) is 9.97 Å². The zero-order valence-electron chi connectivity index (χ0n) is 14.9. The third kappa shape index (κ3) is 4.86. The fourth-order valence-corrected chi connectivity index (χ4v) is 2.44. The molecule has 0 aliphatic carbocycles. The molecule has 3 rings (SSSR count). The summed E-state index contributed by atoms with van der Waals surface area (Å²) in [6.45, 7) is 4.81. The lowest BCUT2D eigenvalue weighted by Gasteiger charge is -2.09. The normalized spacial score (nSPS) is 10.4. The summed E-state index contributed by atoms with van der Waals surface area (Å²) in [5.41, 5.74) is 3.50. The van der Waals surface area contributed by atoms with Crippen LogP contribution in [0.5, 0.6) is 0 Å². The van der Waals surface area contributed by atoms with Crippen LogP contribution in [0.25, 0.3) is 0 Å². The van der Waals surface area contributed by atoms with Gasteiger partial charge in [0.1, 0.15) is 17.3 Å². The Morgan fingerprint density at radius 2 is 1.81 bits per heavy atom. The smallest absolute Gasteiger partial charge is 0.270 e. The second kappa shape index (κ2) is 8.20. The molecule has 0 atom stereocenters. The Labute approximate surface area is 152 Å². The number of rotatable bonds is 6. The van der Waals surface area contributed by atoms with Crippen LogP contribution in [0.2, 0.25) is 0 Å². The molecule has 1 aromatic carbocycles. The molecule has 0 fully saturated rings. The van der Waals surface area contributed by atoms with Crippen LogP contribution >= 0.6 is 0 Å². The Hall–Kier alpha value is -3.28. The Morgan fingerprint density at radius 1 is 1.00 bits per heavy atom. The number of carbonyl (C=O) groups excluding carboxylic acids is 1. The van der Waals surface area contributed by atoms with Crippen molar-refractivity contribution in [2.45, 2.75) is 26.9 Å². The van der Waals surface area contributed by atoms with Crippen molar-refractivity contribution in [2.24, 2.45) is 0 Å². The molecule has 2 N–H and O–H groups in total. The number of nitrogens with one attached hydrogen (secondary N) is 2. The molecular weight excluding hydrogens is 326 g/mol. The number of hydrogen-bond donors (Lipinski definition) is 2. The second-order valence-electron chi connectivity index (χ2n) is 6.03. The van der Waals surface area contributed by atoms with Crippen LogP contribution in [0, 0.1) is 13.8 Å². The minimum atomic E-state index is -0.250. The van der Waals surface area contributed by atoms with E-state index in [0.29, 0.717) is 30.4 Å². The van der Waals surface area contributed by atoms with Crippen LogP contribution < -0.4 is 10.6 Å². The zero-order chi connectivity index (χ0) is 18.4. The van der Waals surface area contributed by atoms with Gasteiger partial charge < -0.3 is 10.6 Å². The molecule has 2 heterocycles. The standard InChI is InChI=1S/C20H21N5O/c1-14-6-8-16(9-7-14)12-22-19-11-18(24-15(2)25-19)20(26)23-13-17-5-3-4-10-21-17/h3-11H,12-13H2,1-2H3,(H,23,26)(H,22,24,25). The van der Waals surface area contributed by atoms with Crippen molar-refractivity contribution in [1.82, 2.24) is 20.3 Å². The van der Waals surface area contributed by atoms with Gasteiger partial charge >= 0.3 is 0 Å². The molecule has 0 unspecified atom stereocenters. The monoisotopic (exact) mass is 347 g/mol. The molecule has 3 aromatic rings. The Balaban J connectivity index is 1.64. The molecule has 6 heteroatoms. The lowest BCUT2D eigenvalue weighted by Crippen LogP contribution is -2.25. The first-order chi connectivity index (χ1) is 12.6. The van der Waals surface area contributed by atoms with Crippen LogP contribution in [0.1, 0.15) is 33.1 Å². The predicted molar refractivity (Wildman–Crippen MR) is 101 cm³/mol. The highest BCUT2D eigenvalue weighted by Gasteiger charge is 2.10. The maximum absolute atomic E-state index is 12.4. The van der Waals surface area contributed by atoms with Gasteiger partial charge in [-0.2, -0.15) is 0 Å². The number of anilines is 1. The number of amides is 1. The molecular formula is C20H21N5O. The molecule has 6 nitrogen and oxygen atoms in total. The third-order valence-electron chi connectivity index (χ3n) is 3.82. The number of hydrogen-bond acceptors (Lipinski definition) is 5. The zero-order valence-corrected chi connectivity index (χ0v) is 14.9. The fourth-order valence-electron chi connectivity index (χ4n) is 2.44. The van der Waals surface area contributed by atoms with Crippen LogP contribution in [-0.4, -0.2) is 20.9 Å². The molecule has 0 radical (unpaired) electrons. The number of benzene rings is 1. The van der Waals surface area contributed by atoms with E-state index in [1.807, 2.05) is 18.2 Å². The van der Waals surface area contributed by atoms with Crippen molar-refractivity contribution in [3.05, 3.63) is 83.1 Å². The van der Waals surface area contributed by atoms with Gasteiger partial charge in [-0.3, -0.25) is 9.78 Å². The largest absolute Gasteiger partial charge is 0.366 e. The molecule has 0 saturated heterocycles. The quantitative estimate of drug-likeness (QED) is 0.716. The van der Waals surface area contributed by atoms with Gasteiger partial charge in [0.05, 0.1) is 12.2 Å². The Morgan fingerprint density at radius 3 is 2.54 bits per heavy atom. The second-order valence-corrected chi connectivity index (χ2v) is 6.03. The SMILES string of the molecule is Cc1ccc(CNc2cc(C(=O)NCc3ccccn3)nc(C)n2)cc1. The molecule has 0 aliphatic rings. The number of aryl methyl sites for hydroxylation is 2. The van der Waals surface area contributed by atoms with E-state index in [-0.39, 0.29) is 5.91 Å². The average Bonchev–Trinajstić information content (AvgIpc) is 2.66. The maximum atomic E-state index is 12.4. The van der Waals surface area contributed by atoms with Gasteiger partial charge in [-0.1, -0.05) is 35.9 Å². The summed E-state index contributed by atoms with van der Waals surface area (Å²) in [5.74, 6) is 0.919. The maximum Gasteiger partial charge on any atom is 0.270 e. The number of pyridine rings is 1. The molecule has 0 saturated carbocycles. The first-order valence-electron chi connectivity index (χ1n) is 8.43.